The van der Waals surface area contributed by atoms with Gasteiger partial charge in [0, 0.05) is 43.8 Å². The maximum Gasteiger partial charge on any atom is 0.253 e. The van der Waals surface area contributed by atoms with Crippen LogP contribution in [0.2, 0.25) is 0 Å². The van der Waals surface area contributed by atoms with E-state index < -0.39 is 0 Å². The summed E-state index contributed by atoms with van der Waals surface area (Å²) in [7, 11) is 2.13. The maximum atomic E-state index is 12.7. The number of carbonyl (C=O) groups excluding carboxylic acids is 1. The van der Waals surface area contributed by atoms with Gasteiger partial charge in [-0.3, -0.25) is 9.69 Å². The smallest absolute Gasteiger partial charge is 0.253 e. The molecular weight excluding hydrogens is 250 g/mol. The fourth-order valence-electron chi connectivity index (χ4n) is 3.02. The highest BCUT2D eigenvalue weighted by molar-refractivity contribution is 5.94. The van der Waals surface area contributed by atoms with Gasteiger partial charge in [-0.05, 0) is 44.2 Å². The Morgan fingerprint density at radius 3 is 2.70 bits per heavy atom. The predicted octanol–water partition coefficient (Wildman–Crippen LogP) is 1.46. The molecule has 4 nitrogen and oxygen atoms in total. The van der Waals surface area contributed by atoms with E-state index in [1.165, 1.54) is 11.1 Å². The van der Waals surface area contributed by atoms with Crippen molar-refractivity contribution >= 4 is 5.91 Å². The minimum Gasteiger partial charge on any atom is -0.336 e. The second kappa shape index (κ2) is 4.86. The normalized spacial score (nSPS) is 21.9. The van der Waals surface area contributed by atoms with E-state index in [4.69, 9.17) is 0 Å². The first-order valence-corrected chi connectivity index (χ1v) is 7.30. The van der Waals surface area contributed by atoms with Gasteiger partial charge < -0.3 is 10.2 Å². The molecule has 0 spiro atoms. The third-order valence-corrected chi connectivity index (χ3v) is 4.69. The number of likely N-dealkylation sites (N-methyl/N-ethyl adjacent to an activating group) is 1. The molecule has 0 atom stereocenters. The summed E-state index contributed by atoms with van der Waals surface area (Å²) < 4.78 is 0. The summed E-state index contributed by atoms with van der Waals surface area (Å²) in [5, 5.41) is 3.32. The molecule has 0 radical (unpaired) electrons. The number of carbonyl (C=O) groups is 1. The average Bonchev–Trinajstić information content (AvgIpc) is 2.88. The first-order chi connectivity index (χ1) is 9.47. The van der Waals surface area contributed by atoms with E-state index in [1.807, 2.05) is 11.0 Å². The van der Waals surface area contributed by atoms with Crippen LogP contribution in [0.25, 0.3) is 0 Å². The second-order valence-corrected chi connectivity index (χ2v) is 6.55. The number of piperazine rings is 1. The Bertz CT molecular complexity index is 539. The molecule has 2 heterocycles. The molecule has 1 amide bonds. The zero-order valence-corrected chi connectivity index (χ0v) is 12.6. The Morgan fingerprint density at radius 2 is 1.95 bits per heavy atom. The monoisotopic (exact) mass is 273 g/mol. The molecule has 108 valence electrons. The summed E-state index contributed by atoms with van der Waals surface area (Å²) in [6.45, 7) is 8.73. The van der Waals surface area contributed by atoms with Crippen molar-refractivity contribution in [1.82, 2.24) is 15.1 Å². The molecule has 0 unspecified atom stereocenters. The number of benzene rings is 1. The SMILES string of the molecule is CN1CCN(C(=O)c2ccc3c(c2)CNC3)CC1(C)C. The lowest BCUT2D eigenvalue weighted by molar-refractivity contribution is 0.0311. The zero-order chi connectivity index (χ0) is 14.3. The third kappa shape index (κ3) is 2.34. The Morgan fingerprint density at radius 1 is 1.20 bits per heavy atom. The fraction of sp³-hybridized carbons (Fsp3) is 0.562. The van der Waals surface area contributed by atoms with Gasteiger partial charge in [-0.2, -0.15) is 0 Å². The lowest BCUT2D eigenvalue weighted by Crippen LogP contribution is -2.58. The highest BCUT2D eigenvalue weighted by Gasteiger charge is 2.33. The summed E-state index contributed by atoms with van der Waals surface area (Å²) in [6, 6.07) is 6.12. The molecule has 0 aliphatic carbocycles. The van der Waals surface area contributed by atoms with Gasteiger partial charge in [0.1, 0.15) is 0 Å². The van der Waals surface area contributed by atoms with E-state index in [9.17, 15) is 4.79 Å². The summed E-state index contributed by atoms with van der Waals surface area (Å²) >= 11 is 0. The number of nitrogens with one attached hydrogen (secondary N) is 1. The maximum absolute atomic E-state index is 12.7. The number of rotatable bonds is 1. The number of fused-ring (bicyclic) bond motifs is 1. The van der Waals surface area contributed by atoms with E-state index >= 15 is 0 Å². The van der Waals surface area contributed by atoms with Crippen LogP contribution in [0.1, 0.15) is 35.3 Å². The van der Waals surface area contributed by atoms with Crippen LogP contribution < -0.4 is 5.32 Å². The van der Waals surface area contributed by atoms with Gasteiger partial charge in [-0.25, -0.2) is 0 Å². The number of amides is 1. The molecule has 0 aromatic heterocycles. The van der Waals surface area contributed by atoms with Gasteiger partial charge >= 0.3 is 0 Å². The summed E-state index contributed by atoms with van der Waals surface area (Å²) in [5.41, 5.74) is 3.46. The standard InChI is InChI=1S/C16H23N3O/c1-16(2)11-19(7-6-18(16)3)15(20)12-4-5-13-9-17-10-14(13)8-12/h4-5,8,17H,6-7,9-11H2,1-3H3. The van der Waals surface area contributed by atoms with Crippen molar-refractivity contribution < 1.29 is 4.79 Å². The highest BCUT2D eigenvalue weighted by atomic mass is 16.2. The van der Waals surface area contributed by atoms with Crippen LogP contribution >= 0.6 is 0 Å². The highest BCUT2D eigenvalue weighted by Crippen LogP contribution is 2.22. The molecule has 1 aromatic carbocycles. The minimum atomic E-state index is 0.0478. The quantitative estimate of drug-likeness (QED) is 0.841. The van der Waals surface area contributed by atoms with Gasteiger partial charge in [-0.15, -0.1) is 0 Å². The van der Waals surface area contributed by atoms with Crippen molar-refractivity contribution in [2.75, 3.05) is 26.7 Å². The fourth-order valence-corrected chi connectivity index (χ4v) is 3.02. The largest absolute Gasteiger partial charge is 0.336 e. The van der Waals surface area contributed by atoms with Crippen molar-refractivity contribution in [2.24, 2.45) is 0 Å². The zero-order valence-electron chi connectivity index (χ0n) is 12.6. The van der Waals surface area contributed by atoms with Crippen molar-refractivity contribution in [3.05, 3.63) is 34.9 Å². The molecular formula is C16H23N3O. The van der Waals surface area contributed by atoms with E-state index in [0.29, 0.717) is 0 Å². The summed E-state index contributed by atoms with van der Waals surface area (Å²) in [4.78, 5) is 17.0. The predicted molar refractivity (Wildman–Crippen MR) is 79.6 cm³/mol. The van der Waals surface area contributed by atoms with E-state index in [-0.39, 0.29) is 11.4 Å². The molecule has 1 aromatic rings. The van der Waals surface area contributed by atoms with Crippen molar-refractivity contribution in [1.29, 1.82) is 0 Å². The molecule has 2 aliphatic heterocycles. The molecule has 1 saturated heterocycles. The molecule has 0 saturated carbocycles. The van der Waals surface area contributed by atoms with Crippen LogP contribution in [0.15, 0.2) is 18.2 Å². The molecule has 1 fully saturated rings. The van der Waals surface area contributed by atoms with Crippen molar-refractivity contribution in [2.45, 2.75) is 32.5 Å². The first-order valence-electron chi connectivity index (χ1n) is 7.30. The molecule has 0 bridgehead atoms. The van der Waals surface area contributed by atoms with E-state index in [1.54, 1.807) is 0 Å². The van der Waals surface area contributed by atoms with Gasteiger partial charge in [0.05, 0.1) is 0 Å². The lowest BCUT2D eigenvalue weighted by atomic mass is 9.98. The Labute approximate surface area is 120 Å². The summed E-state index contributed by atoms with van der Waals surface area (Å²) in [5.74, 6) is 0.167. The van der Waals surface area contributed by atoms with Crippen LogP contribution in [0.3, 0.4) is 0 Å². The van der Waals surface area contributed by atoms with Crippen LogP contribution in [0.5, 0.6) is 0 Å². The van der Waals surface area contributed by atoms with E-state index in [2.05, 4.69) is 43.2 Å². The van der Waals surface area contributed by atoms with Crippen molar-refractivity contribution in [3.8, 4) is 0 Å². The minimum absolute atomic E-state index is 0.0478. The number of hydrogen-bond donors (Lipinski definition) is 1. The molecule has 20 heavy (non-hydrogen) atoms. The van der Waals surface area contributed by atoms with Gasteiger partial charge in [0.15, 0.2) is 0 Å². The average molecular weight is 273 g/mol. The van der Waals surface area contributed by atoms with Gasteiger partial charge in [0.2, 0.25) is 0 Å². The number of nitrogens with zero attached hydrogens (tertiary/aromatic N) is 2. The second-order valence-electron chi connectivity index (χ2n) is 6.55. The van der Waals surface area contributed by atoms with Gasteiger partial charge in [-0.1, -0.05) is 6.07 Å². The number of hydrogen-bond acceptors (Lipinski definition) is 3. The van der Waals surface area contributed by atoms with Crippen LogP contribution in [-0.4, -0.2) is 47.9 Å². The molecule has 3 rings (SSSR count). The summed E-state index contributed by atoms with van der Waals surface area (Å²) in [6.07, 6.45) is 0. The molecule has 4 heteroatoms. The van der Waals surface area contributed by atoms with Crippen molar-refractivity contribution in [3.63, 3.8) is 0 Å². The lowest BCUT2D eigenvalue weighted by Gasteiger charge is -2.45. The first kappa shape index (κ1) is 13.6. The molecule has 2 aliphatic rings. The Balaban J connectivity index is 1.79. The van der Waals surface area contributed by atoms with E-state index in [0.717, 1.165) is 38.3 Å². The Kier molecular flexibility index (Phi) is 3.30. The third-order valence-electron chi connectivity index (χ3n) is 4.69. The Hall–Kier alpha value is -1.39. The molecule has 1 N–H and O–H groups in total. The van der Waals surface area contributed by atoms with Crippen LogP contribution in [0, 0.1) is 0 Å². The topological polar surface area (TPSA) is 35.6 Å². The van der Waals surface area contributed by atoms with Gasteiger partial charge in [0.25, 0.3) is 5.91 Å². The van der Waals surface area contributed by atoms with Crippen LogP contribution in [-0.2, 0) is 13.1 Å². The van der Waals surface area contributed by atoms with Crippen LogP contribution in [0.4, 0.5) is 0 Å².